The molecule has 4 rings (SSSR count). The number of nitrogens with zero attached hydrogens (tertiary/aromatic N) is 2. The van der Waals surface area contributed by atoms with Crippen LogP contribution in [0.1, 0.15) is 55.3 Å². The normalized spacial score (nSPS) is 20.1. The Balaban J connectivity index is 1.37. The van der Waals surface area contributed by atoms with Crippen LogP contribution in [0.15, 0.2) is 42.9 Å². The molecule has 1 aliphatic carbocycles. The van der Waals surface area contributed by atoms with Gasteiger partial charge in [-0.3, -0.25) is 0 Å². The van der Waals surface area contributed by atoms with Crippen molar-refractivity contribution >= 4 is 6.03 Å². The van der Waals surface area contributed by atoms with E-state index in [4.69, 9.17) is 0 Å². The summed E-state index contributed by atoms with van der Waals surface area (Å²) in [5.74, 6) is 1.07. The van der Waals surface area contributed by atoms with Crippen molar-refractivity contribution in [1.29, 1.82) is 0 Å². The average molecular weight is 338 g/mol. The number of carbonyl (C=O) groups is 1. The molecule has 132 valence electrons. The second-order valence-corrected chi connectivity index (χ2v) is 7.30. The van der Waals surface area contributed by atoms with Crippen LogP contribution < -0.4 is 5.32 Å². The van der Waals surface area contributed by atoms with Crippen molar-refractivity contribution in [2.75, 3.05) is 13.1 Å². The summed E-state index contributed by atoms with van der Waals surface area (Å²) in [4.78, 5) is 22.1. The van der Waals surface area contributed by atoms with Gasteiger partial charge >= 0.3 is 6.03 Å². The fourth-order valence-corrected chi connectivity index (χ4v) is 4.01. The maximum absolute atomic E-state index is 12.8. The number of amides is 2. The Bertz CT molecular complexity index is 673. The van der Waals surface area contributed by atoms with Crippen LogP contribution in [0, 0.1) is 5.92 Å². The van der Waals surface area contributed by atoms with Gasteiger partial charge in [0, 0.05) is 30.9 Å². The molecule has 1 aromatic carbocycles. The molecule has 1 aliphatic heterocycles. The zero-order valence-electron chi connectivity index (χ0n) is 14.5. The summed E-state index contributed by atoms with van der Waals surface area (Å²) in [7, 11) is 0. The number of imidazole rings is 1. The molecule has 1 unspecified atom stereocenters. The minimum absolute atomic E-state index is 0.0869. The highest BCUT2D eigenvalue weighted by molar-refractivity contribution is 5.75. The van der Waals surface area contributed by atoms with Gasteiger partial charge in [-0.2, -0.15) is 0 Å². The van der Waals surface area contributed by atoms with E-state index in [-0.39, 0.29) is 12.1 Å². The molecule has 1 saturated carbocycles. The summed E-state index contributed by atoms with van der Waals surface area (Å²) < 4.78 is 0. The van der Waals surface area contributed by atoms with E-state index in [0.717, 1.165) is 25.9 Å². The molecule has 0 radical (unpaired) electrons. The number of aromatic amines is 1. The quantitative estimate of drug-likeness (QED) is 0.890. The molecule has 5 nitrogen and oxygen atoms in total. The summed E-state index contributed by atoms with van der Waals surface area (Å²) in [6.45, 7) is 1.61. The molecule has 0 bridgehead atoms. The highest BCUT2D eigenvalue weighted by atomic mass is 16.2. The number of urea groups is 1. The molecule has 1 atom stereocenters. The Labute approximate surface area is 148 Å². The van der Waals surface area contributed by atoms with E-state index in [1.54, 1.807) is 6.33 Å². The molecular weight excluding hydrogens is 312 g/mol. The molecule has 2 fully saturated rings. The molecule has 0 spiro atoms. The predicted molar refractivity (Wildman–Crippen MR) is 97.2 cm³/mol. The van der Waals surface area contributed by atoms with Crippen molar-refractivity contribution in [3.8, 4) is 0 Å². The van der Waals surface area contributed by atoms with Gasteiger partial charge < -0.3 is 15.2 Å². The number of nitrogens with one attached hydrogen (secondary N) is 2. The molecule has 2 aromatic rings. The van der Waals surface area contributed by atoms with Gasteiger partial charge in [0.05, 0.1) is 12.4 Å². The summed E-state index contributed by atoms with van der Waals surface area (Å²) in [5.41, 5.74) is 2.42. The number of piperidine rings is 1. The Kier molecular flexibility index (Phi) is 4.72. The van der Waals surface area contributed by atoms with E-state index in [0.29, 0.717) is 11.8 Å². The highest BCUT2D eigenvalue weighted by Crippen LogP contribution is 2.38. The SMILES string of the molecule is O=C(NC(c1ccccc1)C1CCC1)N1CCC(c2cnc[nH]2)CC1. The van der Waals surface area contributed by atoms with Crippen LogP contribution in [-0.2, 0) is 0 Å². The van der Waals surface area contributed by atoms with Crippen LogP contribution in [-0.4, -0.2) is 34.0 Å². The zero-order valence-corrected chi connectivity index (χ0v) is 14.5. The lowest BCUT2D eigenvalue weighted by Gasteiger charge is -2.37. The van der Waals surface area contributed by atoms with Gasteiger partial charge in [-0.1, -0.05) is 36.8 Å². The summed E-state index contributed by atoms with van der Waals surface area (Å²) in [5, 5.41) is 3.32. The summed E-state index contributed by atoms with van der Waals surface area (Å²) in [6.07, 6.45) is 9.33. The number of hydrogen-bond acceptors (Lipinski definition) is 2. The number of carbonyl (C=O) groups excluding carboxylic acids is 1. The smallest absolute Gasteiger partial charge is 0.317 e. The summed E-state index contributed by atoms with van der Waals surface area (Å²) in [6, 6.07) is 10.6. The van der Waals surface area contributed by atoms with Gasteiger partial charge in [-0.25, -0.2) is 9.78 Å². The Hall–Kier alpha value is -2.30. The fraction of sp³-hybridized carbons (Fsp3) is 0.500. The molecular formula is C20H26N4O. The Morgan fingerprint density at radius 1 is 1.16 bits per heavy atom. The monoisotopic (exact) mass is 338 g/mol. The maximum atomic E-state index is 12.8. The van der Waals surface area contributed by atoms with Crippen molar-refractivity contribution in [2.45, 2.75) is 44.1 Å². The second kappa shape index (κ2) is 7.30. The third-order valence-corrected chi connectivity index (χ3v) is 5.80. The average Bonchev–Trinajstić information content (AvgIpc) is 3.15. The lowest BCUT2D eigenvalue weighted by Crippen LogP contribution is -2.47. The van der Waals surface area contributed by atoms with Gasteiger partial charge in [-0.05, 0) is 37.2 Å². The van der Waals surface area contributed by atoms with E-state index in [1.807, 2.05) is 17.2 Å². The highest BCUT2D eigenvalue weighted by Gasteiger charge is 2.32. The van der Waals surface area contributed by atoms with Crippen LogP contribution in [0.5, 0.6) is 0 Å². The van der Waals surface area contributed by atoms with E-state index < -0.39 is 0 Å². The van der Waals surface area contributed by atoms with Crippen LogP contribution in [0.25, 0.3) is 0 Å². The fourth-order valence-electron chi connectivity index (χ4n) is 4.01. The van der Waals surface area contributed by atoms with E-state index in [2.05, 4.69) is 39.6 Å². The van der Waals surface area contributed by atoms with Crippen molar-refractivity contribution in [3.05, 3.63) is 54.1 Å². The molecule has 1 saturated heterocycles. The molecule has 25 heavy (non-hydrogen) atoms. The van der Waals surface area contributed by atoms with Gasteiger partial charge in [-0.15, -0.1) is 0 Å². The maximum Gasteiger partial charge on any atom is 0.317 e. The van der Waals surface area contributed by atoms with Crippen LogP contribution >= 0.6 is 0 Å². The van der Waals surface area contributed by atoms with E-state index in [1.165, 1.54) is 30.5 Å². The van der Waals surface area contributed by atoms with Gasteiger partial charge in [0.2, 0.25) is 0 Å². The third kappa shape index (κ3) is 3.55. The first-order valence-electron chi connectivity index (χ1n) is 9.40. The van der Waals surface area contributed by atoms with Gasteiger partial charge in [0.15, 0.2) is 0 Å². The largest absolute Gasteiger partial charge is 0.348 e. The minimum Gasteiger partial charge on any atom is -0.348 e. The standard InChI is InChI=1S/C20H26N4O/c25-20(24-11-9-15(10-12-24)18-13-21-14-22-18)23-19(17-7-4-8-17)16-5-2-1-3-6-16/h1-3,5-6,13-15,17,19H,4,7-12H2,(H,21,22)(H,23,25). The Morgan fingerprint density at radius 2 is 1.92 bits per heavy atom. The summed E-state index contributed by atoms with van der Waals surface area (Å²) >= 11 is 0. The Morgan fingerprint density at radius 3 is 2.52 bits per heavy atom. The molecule has 2 N–H and O–H groups in total. The molecule has 2 aliphatic rings. The number of hydrogen-bond donors (Lipinski definition) is 2. The second-order valence-electron chi connectivity index (χ2n) is 7.30. The number of H-pyrrole nitrogens is 1. The molecule has 2 heterocycles. The van der Waals surface area contributed by atoms with Crippen molar-refractivity contribution in [1.82, 2.24) is 20.2 Å². The number of rotatable bonds is 4. The number of likely N-dealkylation sites (tertiary alicyclic amines) is 1. The first kappa shape index (κ1) is 16.2. The first-order valence-corrected chi connectivity index (χ1v) is 9.40. The van der Waals surface area contributed by atoms with E-state index >= 15 is 0 Å². The zero-order chi connectivity index (χ0) is 17.1. The number of benzene rings is 1. The van der Waals surface area contributed by atoms with Crippen LogP contribution in [0.4, 0.5) is 4.79 Å². The molecule has 1 aromatic heterocycles. The third-order valence-electron chi connectivity index (χ3n) is 5.80. The van der Waals surface area contributed by atoms with Gasteiger partial charge in [0.1, 0.15) is 0 Å². The van der Waals surface area contributed by atoms with Crippen LogP contribution in [0.3, 0.4) is 0 Å². The van der Waals surface area contributed by atoms with E-state index in [9.17, 15) is 4.79 Å². The predicted octanol–water partition coefficient (Wildman–Crippen LogP) is 3.84. The van der Waals surface area contributed by atoms with Crippen molar-refractivity contribution in [2.24, 2.45) is 5.92 Å². The molecule has 5 heteroatoms. The minimum atomic E-state index is 0.0869. The lowest BCUT2D eigenvalue weighted by atomic mass is 9.77. The van der Waals surface area contributed by atoms with Crippen molar-refractivity contribution in [3.63, 3.8) is 0 Å². The lowest BCUT2D eigenvalue weighted by molar-refractivity contribution is 0.162. The first-order chi connectivity index (χ1) is 12.3. The van der Waals surface area contributed by atoms with Crippen LogP contribution in [0.2, 0.25) is 0 Å². The van der Waals surface area contributed by atoms with Crippen molar-refractivity contribution < 1.29 is 4.79 Å². The topological polar surface area (TPSA) is 61.0 Å². The number of aromatic nitrogens is 2. The van der Waals surface area contributed by atoms with Gasteiger partial charge in [0.25, 0.3) is 0 Å². The molecule has 2 amide bonds.